The number of benzene rings is 1. The van der Waals surface area contributed by atoms with E-state index in [1.54, 1.807) is 12.3 Å². The van der Waals surface area contributed by atoms with E-state index in [1.165, 1.54) is 12.3 Å². The fraction of sp³-hybridized carbons (Fsp3) is 0.267. The summed E-state index contributed by atoms with van der Waals surface area (Å²) in [5, 5.41) is 3.25. The molecule has 0 spiro atoms. The van der Waals surface area contributed by atoms with Crippen LogP contribution in [-0.2, 0) is 0 Å². The van der Waals surface area contributed by atoms with Crippen LogP contribution in [0.25, 0.3) is 11.1 Å². The average molecular weight is 262 g/mol. The van der Waals surface area contributed by atoms with Gasteiger partial charge in [0, 0.05) is 29.1 Å². The molecule has 2 nitrogen and oxygen atoms in total. The molecule has 1 N–H and O–H groups in total. The second kappa shape index (κ2) is 4.96. The monoisotopic (exact) mass is 262 g/mol. The minimum absolute atomic E-state index is 0.124. The molecule has 1 aromatic carbocycles. The van der Waals surface area contributed by atoms with Crippen molar-refractivity contribution in [2.24, 2.45) is 0 Å². The molecule has 0 aliphatic heterocycles. The number of anilines is 1. The summed E-state index contributed by atoms with van der Waals surface area (Å²) in [5.74, 6) is -0.929. The van der Waals surface area contributed by atoms with Crippen molar-refractivity contribution in [3.63, 3.8) is 0 Å². The molecule has 0 amide bonds. The van der Waals surface area contributed by atoms with Crippen LogP contribution < -0.4 is 5.32 Å². The second-order valence-electron chi connectivity index (χ2n) is 5.46. The lowest BCUT2D eigenvalue weighted by molar-refractivity contribution is 0.603. The van der Waals surface area contributed by atoms with Gasteiger partial charge in [-0.1, -0.05) is 0 Å². The fourth-order valence-corrected chi connectivity index (χ4v) is 1.81. The molecule has 0 atom stereocenters. The topological polar surface area (TPSA) is 24.9 Å². The average Bonchev–Trinajstić information content (AvgIpc) is 2.30. The summed E-state index contributed by atoms with van der Waals surface area (Å²) in [5.41, 5.74) is 1.41. The zero-order valence-electron chi connectivity index (χ0n) is 11.2. The van der Waals surface area contributed by atoms with Crippen LogP contribution in [0.5, 0.6) is 0 Å². The van der Waals surface area contributed by atoms with Crippen LogP contribution in [0.1, 0.15) is 20.8 Å². The predicted molar refractivity (Wildman–Crippen MR) is 73.0 cm³/mol. The highest BCUT2D eigenvalue weighted by Crippen LogP contribution is 2.26. The third kappa shape index (κ3) is 3.50. The molecule has 4 heteroatoms. The van der Waals surface area contributed by atoms with Crippen molar-refractivity contribution >= 4 is 5.69 Å². The maximum atomic E-state index is 13.7. The molecule has 2 rings (SSSR count). The van der Waals surface area contributed by atoms with Crippen molar-refractivity contribution in [3.8, 4) is 11.1 Å². The van der Waals surface area contributed by atoms with Crippen LogP contribution in [0.3, 0.4) is 0 Å². The molecule has 0 radical (unpaired) electrons. The molecular weight excluding hydrogens is 246 g/mol. The highest BCUT2D eigenvalue weighted by Gasteiger charge is 2.12. The van der Waals surface area contributed by atoms with Crippen molar-refractivity contribution < 1.29 is 8.78 Å². The molecule has 2 aromatic rings. The Morgan fingerprint density at radius 1 is 1.05 bits per heavy atom. The summed E-state index contributed by atoms with van der Waals surface area (Å²) in [7, 11) is 0. The smallest absolute Gasteiger partial charge is 0.131 e. The van der Waals surface area contributed by atoms with Gasteiger partial charge in [0.15, 0.2) is 0 Å². The fourth-order valence-electron chi connectivity index (χ4n) is 1.81. The quantitative estimate of drug-likeness (QED) is 0.875. The van der Waals surface area contributed by atoms with E-state index in [0.717, 1.165) is 17.8 Å². The van der Waals surface area contributed by atoms with Crippen molar-refractivity contribution in [3.05, 3.63) is 48.3 Å². The Labute approximate surface area is 111 Å². The third-order valence-corrected chi connectivity index (χ3v) is 2.50. The summed E-state index contributed by atoms with van der Waals surface area (Å²) in [6.45, 7) is 6.05. The van der Waals surface area contributed by atoms with Gasteiger partial charge in [-0.25, -0.2) is 8.78 Å². The maximum Gasteiger partial charge on any atom is 0.131 e. The molecular formula is C15H16F2N2. The first kappa shape index (κ1) is 13.5. The SMILES string of the molecule is CC(C)(C)Nc1cncc(-c2cc(F)ccc2F)c1. The van der Waals surface area contributed by atoms with Gasteiger partial charge in [0.05, 0.1) is 5.69 Å². The molecule has 0 bridgehead atoms. The van der Waals surface area contributed by atoms with Gasteiger partial charge in [-0.3, -0.25) is 4.98 Å². The van der Waals surface area contributed by atoms with Crippen molar-refractivity contribution in [1.29, 1.82) is 0 Å². The van der Waals surface area contributed by atoms with Gasteiger partial charge in [0.1, 0.15) is 11.6 Å². The van der Waals surface area contributed by atoms with E-state index in [0.29, 0.717) is 5.56 Å². The number of hydrogen-bond donors (Lipinski definition) is 1. The van der Waals surface area contributed by atoms with E-state index < -0.39 is 11.6 Å². The van der Waals surface area contributed by atoms with E-state index in [2.05, 4.69) is 10.3 Å². The minimum atomic E-state index is -0.467. The zero-order chi connectivity index (χ0) is 14.0. The molecule has 0 aliphatic rings. The van der Waals surface area contributed by atoms with Crippen molar-refractivity contribution in [1.82, 2.24) is 4.98 Å². The Bertz CT molecular complexity index is 589. The Balaban J connectivity index is 2.40. The van der Waals surface area contributed by atoms with E-state index in [-0.39, 0.29) is 11.1 Å². The molecule has 0 fully saturated rings. The van der Waals surface area contributed by atoms with Gasteiger partial charge in [0.2, 0.25) is 0 Å². The van der Waals surface area contributed by atoms with Crippen LogP contribution in [0.2, 0.25) is 0 Å². The number of hydrogen-bond acceptors (Lipinski definition) is 2. The van der Waals surface area contributed by atoms with Crippen molar-refractivity contribution in [2.45, 2.75) is 26.3 Å². The van der Waals surface area contributed by atoms with E-state index >= 15 is 0 Å². The first-order valence-electron chi connectivity index (χ1n) is 6.04. The zero-order valence-corrected chi connectivity index (χ0v) is 11.2. The Morgan fingerprint density at radius 3 is 2.47 bits per heavy atom. The lowest BCUT2D eigenvalue weighted by Crippen LogP contribution is -2.26. The van der Waals surface area contributed by atoms with Gasteiger partial charge in [-0.05, 0) is 45.0 Å². The van der Waals surface area contributed by atoms with E-state index in [4.69, 9.17) is 0 Å². The molecule has 100 valence electrons. The largest absolute Gasteiger partial charge is 0.379 e. The molecule has 0 saturated carbocycles. The minimum Gasteiger partial charge on any atom is -0.379 e. The van der Waals surface area contributed by atoms with Gasteiger partial charge < -0.3 is 5.32 Å². The highest BCUT2D eigenvalue weighted by atomic mass is 19.1. The molecule has 0 aliphatic carbocycles. The number of rotatable bonds is 2. The van der Waals surface area contributed by atoms with Crippen LogP contribution in [0.4, 0.5) is 14.5 Å². The Morgan fingerprint density at radius 2 is 1.79 bits per heavy atom. The standard InChI is InChI=1S/C15H16F2N2/c1-15(2,3)19-12-6-10(8-18-9-12)13-7-11(16)4-5-14(13)17/h4-9,19H,1-3H3. The summed E-state index contributed by atoms with van der Waals surface area (Å²) in [4.78, 5) is 4.06. The number of pyridine rings is 1. The molecule has 0 unspecified atom stereocenters. The summed E-state index contributed by atoms with van der Waals surface area (Å²) in [6.07, 6.45) is 3.18. The number of nitrogens with one attached hydrogen (secondary N) is 1. The molecule has 1 heterocycles. The van der Waals surface area contributed by atoms with E-state index in [1.807, 2.05) is 20.8 Å². The highest BCUT2D eigenvalue weighted by molar-refractivity contribution is 5.67. The van der Waals surface area contributed by atoms with Crippen molar-refractivity contribution in [2.75, 3.05) is 5.32 Å². The van der Waals surface area contributed by atoms with Crippen LogP contribution in [-0.4, -0.2) is 10.5 Å². The normalized spacial score (nSPS) is 11.4. The molecule has 1 aromatic heterocycles. The first-order valence-corrected chi connectivity index (χ1v) is 6.04. The lowest BCUT2D eigenvalue weighted by atomic mass is 10.1. The van der Waals surface area contributed by atoms with Gasteiger partial charge >= 0.3 is 0 Å². The number of nitrogens with zero attached hydrogens (tertiary/aromatic N) is 1. The molecule has 0 saturated heterocycles. The van der Waals surface area contributed by atoms with Crippen LogP contribution in [0.15, 0.2) is 36.7 Å². The van der Waals surface area contributed by atoms with Gasteiger partial charge in [-0.2, -0.15) is 0 Å². The third-order valence-electron chi connectivity index (χ3n) is 2.50. The number of halogens is 2. The van der Waals surface area contributed by atoms with Gasteiger partial charge in [0.25, 0.3) is 0 Å². The first-order chi connectivity index (χ1) is 8.85. The second-order valence-corrected chi connectivity index (χ2v) is 5.46. The summed E-state index contributed by atoms with van der Waals surface area (Å²) in [6, 6.07) is 5.15. The Kier molecular flexibility index (Phi) is 3.51. The lowest BCUT2D eigenvalue weighted by Gasteiger charge is -2.22. The van der Waals surface area contributed by atoms with Crippen LogP contribution >= 0.6 is 0 Å². The van der Waals surface area contributed by atoms with E-state index in [9.17, 15) is 8.78 Å². The Hall–Kier alpha value is -1.97. The summed E-state index contributed by atoms with van der Waals surface area (Å²) >= 11 is 0. The maximum absolute atomic E-state index is 13.7. The van der Waals surface area contributed by atoms with Gasteiger partial charge in [-0.15, -0.1) is 0 Å². The van der Waals surface area contributed by atoms with Crippen LogP contribution in [0, 0.1) is 11.6 Å². The summed E-state index contributed by atoms with van der Waals surface area (Å²) < 4.78 is 26.9. The molecule has 19 heavy (non-hydrogen) atoms. The predicted octanol–water partition coefficient (Wildman–Crippen LogP) is 4.24. The number of aromatic nitrogens is 1.